The first-order chi connectivity index (χ1) is 6.14. The van der Waals surface area contributed by atoms with E-state index in [1.165, 1.54) is 18.5 Å². The summed E-state index contributed by atoms with van der Waals surface area (Å²) in [6, 6.07) is 0. The zero-order valence-electron chi connectivity index (χ0n) is 8.63. The molecule has 0 amide bonds. The number of ether oxygens (including phenoxy) is 1. The molecule has 0 aromatic heterocycles. The third-order valence-electron chi connectivity index (χ3n) is 2.32. The second-order valence-electron chi connectivity index (χ2n) is 4.07. The second kappa shape index (κ2) is 4.80. The molecule has 0 radical (unpaired) electrons. The van der Waals surface area contributed by atoms with Crippen LogP contribution in [0.5, 0.6) is 0 Å². The van der Waals surface area contributed by atoms with Gasteiger partial charge in [-0.05, 0) is 30.8 Å². The first-order valence-electron chi connectivity index (χ1n) is 4.68. The maximum absolute atomic E-state index is 5.48. The van der Waals surface area contributed by atoms with Gasteiger partial charge in [-0.15, -0.1) is 0 Å². The summed E-state index contributed by atoms with van der Waals surface area (Å²) in [6.07, 6.45) is 7.28. The molecule has 0 spiro atoms. The minimum absolute atomic E-state index is 0.404. The standard InChI is InChI=1S/C10H18O2S/c1-10(2)6-4-5-9(12-13-3)11-8-7-10/h5H,4,6-8H2,1-3H3/b9-5+. The van der Waals surface area contributed by atoms with E-state index in [-0.39, 0.29) is 0 Å². The van der Waals surface area contributed by atoms with Gasteiger partial charge in [0.05, 0.1) is 18.6 Å². The quantitative estimate of drug-likeness (QED) is 0.640. The van der Waals surface area contributed by atoms with Gasteiger partial charge in [0.2, 0.25) is 0 Å². The molecule has 0 atom stereocenters. The van der Waals surface area contributed by atoms with Crippen molar-refractivity contribution in [3.8, 4) is 0 Å². The third-order valence-corrected chi connectivity index (χ3v) is 2.65. The van der Waals surface area contributed by atoms with Crippen LogP contribution in [0, 0.1) is 5.41 Å². The van der Waals surface area contributed by atoms with Crippen LogP contribution in [0.1, 0.15) is 33.1 Å². The molecule has 1 rings (SSSR count). The maximum atomic E-state index is 5.48. The first-order valence-corrected chi connectivity index (χ1v) is 5.83. The predicted octanol–water partition coefficient (Wildman–Crippen LogP) is 3.35. The molecule has 3 heteroatoms. The van der Waals surface area contributed by atoms with E-state index in [1.54, 1.807) is 0 Å². The van der Waals surface area contributed by atoms with Crippen LogP contribution in [0.25, 0.3) is 0 Å². The zero-order chi connectivity index (χ0) is 9.73. The molecular formula is C10H18O2S. The first kappa shape index (κ1) is 10.8. The monoisotopic (exact) mass is 202 g/mol. The van der Waals surface area contributed by atoms with E-state index >= 15 is 0 Å². The van der Waals surface area contributed by atoms with Gasteiger partial charge >= 0.3 is 0 Å². The van der Waals surface area contributed by atoms with Gasteiger partial charge in [-0.25, -0.2) is 0 Å². The largest absolute Gasteiger partial charge is 0.465 e. The molecule has 0 saturated carbocycles. The van der Waals surface area contributed by atoms with Crippen LogP contribution >= 0.6 is 12.0 Å². The van der Waals surface area contributed by atoms with E-state index in [0.29, 0.717) is 11.4 Å². The topological polar surface area (TPSA) is 18.5 Å². The number of rotatable bonds is 2. The van der Waals surface area contributed by atoms with E-state index < -0.39 is 0 Å². The number of allylic oxidation sites excluding steroid dienone is 1. The zero-order valence-corrected chi connectivity index (χ0v) is 9.45. The SMILES string of the molecule is CSO/C1=C/CCC(C)(C)CCO1. The highest BCUT2D eigenvalue weighted by atomic mass is 32.2. The smallest absolute Gasteiger partial charge is 0.287 e. The van der Waals surface area contributed by atoms with Crippen LogP contribution in [-0.4, -0.2) is 12.9 Å². The molecule has 13 heavy (non-hydrogen) atoms. The van der Waals surface area contributed by atoms with Crippen molar-refractivity contribution in [3.63, 3.8) is 0 Å². The molecule has 0 fully saturated rings. The van der Waals surface area contributed by atoms with Gasteiger partial charge in [-0.3, -0.25) is 0 Å². The Balaban J connectivity index is 2.46. The fourth-order valence-corrected chi connectivity index (χ4v) is 1.61. The summed E-state index contributed by atoms with van der Waals surface area (Å²) in [4.78, 5) is 0. The van der Waals surface area contributed by atoms with Crippen LogP contribution in [0.3, 0.4) is 0 Å². The Morgan fingerprint density at radius 2 is 2.23 bits per heavy atom. The molecular weight excluding hydrogens is 184 g/mol. The Kier molecular flexibility index (Phi) is 3.97. The summed E-state index contributed by atoms with van der Waals surface area (Å²) in [6.45, 7) is 5.33. The van der Waals surface area contributed by atoms with Crippen molar-refractivity contribution in [2.24, 2.45) is 5.41 Å². The molecule has 0 unspecified atom stereocenters. The Bertz CT molecular complexity index is 187. The molecule has 76 valence electrons. The highest BCUT2D eigenvalue weighted by Gasteiger charge is 2.19. The van der Waals surface area contributed by atoms with Gasteiger partial charge in [0.1, 0.15) is 0 Å². The summed E-state index contributed by atoms with van der Waals surface area (Å²) >= 11 is 1.33. The Morgan fingerprint density at radius 3 is 2.92 bits per heavy atom. The fraction of sp³-hybridized carbons (Fsp3) is 0.800. The summed E-state index contributed by atoms with van der Waals surface area (Å²) < 4.78 is 10.7. The normalized spacial score (nSPS) is 26.2. The lowest BCUT2D eigenvalue weighted by molar-refractivity contribution is 0.0844. The molecule has 0 bridgehead atoms. The molecule has 1 aliphatic heterocycles. The Labute approximate surface area is 84.9 Å². The predicted molar refractivity (Wildman–Crippen MR) is 56.3 cm³/mol. The van der Waals surface area contributed by atoms with Gasteiger partial charge < -0.3 is 8.92 Å². The average Bonchev–Trinajstić information content (AvgIpc) is 2.01. The molecule has 0 aromatic rings. The summed E-state index contributed by atoms with van der Waals surface area (Å²) in [5.74, 6) is 0.683. The van der Waals surface area contributed by atoms with Crippen molar-refractivity contribution in [3.05, 3.63) is 12.0 Å². The van der Waals surface area contributed by atoms with Gasteiger partial charge in [-0.1, -0.05) is 13.8 Å². The summed E-state index contributed by atoms with van der Waals surface area (Å²) in [5.41, 5.74) is 0.404. The minimum Gasteiger partial charge on any atom is -0.465 e. The van der Waals surface area contributed by atoms with Crippen LogP contribution < -0.4 is 0 Å². The molecule has 2 nitrogen and oxygen atoms in total. The fourth-order valence-electron chi connectivity index (χ4n) is 1.33. The molecule has 0 aromatic carbocycles. The van der Waals surface area contributed by atoms with Crippen LogP contribution in [0.2, 0.25) is 0 Å². The van der Waals surface area contributed by atoms with E-state index in [2.05, 4.69) is 13.8 Å². The molecule has 0 aliphatic carbocycles. The number of hydrogen-bond donors (Lipinski definition) is 0. The van der Waals surface area contributed by atoms with Crippen molar-refractivity contribution < 1.29 is 8.92 Å². The van der Waals surface area contributed by atoms with Gasteiger partial charge in [-0.2, -0.15) is 0 Å². The minimum atomic E-state index is 0.404. The Hall–Kier alpha value is -0.310. The lowest BCUT2D eigenvalue weighted by Gasteiger charge is -2.26. The highest BCUT2D eigenvalue weighted by molar-refractivity contribution is 7.94. The van der Waals surface area contributed by atoms with Crippen LogP contribution in [0.4, 0.5) is 0 Å². The van der Waals surface area contributed by atoms with E-state index in [1.807, 2.05) is 12.3 Å². The Morgan fingerprint density at radius 1 is 1.46 bits per heavy atom. The molecule has 0 N–H and O–H groups in total. The van der Waals surface area contributed by atoms with Crippen molar-refractivity contribution in [1.82, 2.24) is 0 Å². The van der Waals surface area contributed by atoms with Crippen LogP contribution in [-0.2, 0) is 8.92 Å². The maximum Gasteiger partial charge on any atom is 0.287 e. The average molecular weight is 202 g/mol. The second-order valence-corrected chi connectivity index (χ2v) is 4.57. The van der Waals surface area contributed by atoms with E-state index in [0.717, 1.165) is 19.4 Å². The summed E-state index contributed by atoms with van der Waals surface area (Å²) in [7, 11) is 0. The highest BCUT2D eigenvalue weighted by Crippen LogP contribution is 2.29. The van der Waals surface area contributed by atoms with Gasteiger partial charge in [0, 0.05) is 6.26 Å². The third kappa shape index (κ3) is 3.94. The molecule has 1 heterocycles. The van der Waals surface area contributed by atoms with Crippen molar-refractivity contribution in [1.29, 1.82) is 0 Å². The summed E-state index contributed by atoms with van der Waals surface area (Å²) in [5, 5.41) is 0. The van der Waals surface area contributed by atoms with Crippen molar-refractivity contribution >= 4 is 12.0 Å². The molecule has 1 aliphatic rings. The number of hydrogen-bond acceptors (Lipinski definition) is 3. The lowest BCUT2D eigenvalue weighted by Crippen LogP contribution is -2.16. The lowest BCUT2D eigenvalue weighted by atomic mass is 9.84. The van der Waals surface area contributed by atoms with E-state index in [4.69, 9.17) is 8.92 Å². The van der Waals surface area contributed by atoms with Crippen molar-refractivity contribution in [2.75, 3.05) is 12.9 Å². The van der Waals surface area contributed by atoms with Crippen molar-refractivity contribution in [2.45, 2.75) is 33.1 Å². The van der Waals surface area contributed by atoms with Crippen LogP contribution in [0.15, 0.2) is 12.0 Å². The van der Waals surface area contributed by atoms with E-state index in [9.17, 15) is 0 Å². The van der Waals surface area contributed by atoms with Gasteiger partial charge in [0.15, 0.2) is 0 Å². The molecule has 0 saturated heterocycles. The van der Waals surface area contributed by atoms with Gasteiger partial charge in [0.25, 0.3) is 5.95 Å².